The molecule has 22 heavy (non-hydrogen) atoms. The predicted molar refractivity (Wildman–Crippen MR) is 84.8 cm³/mol. The Labute approximate surface area is 135 Å². The second kappa shape index (κ2) is 6.13. The van der Waals surface area contributed by atoms with Crippen LogP contribution in [-0.4, -0.2) is 22.5 Å². The Morgan fingerprint density at radius 3 is 2.86 bits per heavy atom. The van der Waals surface area contributed by atoms with Crippen LogP contribution in [0, 0.1) is 13.8 Å². The second-order valence-electron chi connectivity index (χ2n) is 5.75. The molecule has 1 aliphatic rings. The third kappa shape index (κ3) is 2.75. The molecule has 3 rings (SSSR count). The molecule has 0 bridgehead atoms. The van der Waals surface area contributed by atoms with E-state index >= 15 is 0 Å². The molecule has 0 radical (unpaired) electrons. The fourth-order valence-corrected chi connectivity index (χ4v) is 3.44. The lowest BCUT2D eigenvalue weighted by Crippen LogP contribution is -2.32. The molecule has 1 atom stereocenters. The van der Waals surface area contributed by atoms with Gasteiger partial charge in [0.1, 0.15) is 5.76 Å². The van der Waals surface area contributed by atoms with Gasteiger partial charge in [0.2, 0.25) is 5.91 Å². The highest BCUT2D eigenvalue weighted by atomic mass is 35.5. The Morgan fingerprint density at radius 2 is 2.18 bits per heavy atom. The molecule has 0 aliphatic carbocycles. The average molecular weight is 319 g/mol. The zero-order chi connectivity index (χ0) is 15.7. The molecule has 1 saturated heterocycles. The number of hydrogen-bond donors (Lipinski definition) is 0. The number of aryl methyl sites for hydroxylation is 2. The summed E-state index contributed by atoms with van der Waals surface area (Å²) in [6, 6.07) is 7.57. The van der Waals surface area contributed by atoms with Crippen LogP contribution in [-0.2, 0) is 11.2 Å². The Kier molecular flexibility index (Phi) is 4.21. The van der Waals surface area contributed by atoms with Crippen molar-refractivity contribution in [3.8, 4) is 0 Å². The van der Waals surface area contributed by atoms with Crippen LogP contribution < -0.4 is 0 Å². The summed E-state index contributed by atoms with van der Waals surface area (Å²) in [4.78, 5) is 14.7. The Hall–Kier alpha value is -1.81. The van der Waals surface area contributed by atoms with E-state index in [0.717, 1.165) is 42.0 Å². The number of carbonyl (C=O) groups excluding carboxylic acids is 1. The SMILES string of the molecule is Cc1noc(C)c1[C@H]1CCCN1C(=O)Cc1ccccc1Cl. The van der Waals surface area contributed by atoms with Gasteiger partial charge in [-0.1, -0.05) is 35.0 Å². The molecular weight excluding hydrogens is 300 g/mol. The van der Waals surface area contributed by atoms with Crippen molar-refractivity contribution in [1.82, 2.24) is 10.1 Å². The smallest absolute Gasteiger partial charge is 0.227 e. The third-order valence-electron chi connectivity index (χ3n) is 4.29. The van der Waals surface area contributed by atoms with Gasteiger partial charge in [0.15, 0.2) is 0 Å². The summed E-state index contributed by atoms with van der Waals surface area (Å²) in [5, 5.41) is 4.66. The summed E-state index contributed by atoms with van der Waals surface area (Å²) >= 11 is 6.17. The van der Waals surface area contributed by atoms with Crippen molar-refractivity contribution in [2.75, 3.05) is 6.54 Å². The molecule has 0 saturated carbocycles. The normalized spacial score (nSPS) is 18.0. The molecule has 0 N–H and O–H groups in total. The van der Waals surface area contributed by atoms with Gasteiger partial charge in [-0.3, -0.25) is 4.79 Å². The maximum absolute atomic E-state index is 12.7. The maximum Gasteiger partial charge on any atom is 0.227 e. The van der Waals surface area contributed by atoms with Crippen molar-refractivity contribution in [3.63, 3.8) is 0 Å². The van der Waals surface area contributed by atoms with Gasteiger partial charge in [0.25, 0.3) is 0 Å². The van der Waals surface area contributed by atoms with E-state index in [9.17, 15) is 4.79 Å². The molecule has 1 aromatic heterocycles. The van der Waals surface area contributed by atoms with Crippen LogP contribution in [0.25, 0.3) is 0 Å². The molecule has 1 aromatic carbocycles. The molecule has 2 aromatic rings. The minimum Gasteiger partial charge on any atom is -0.361 e. The van der Waals surface area contributed by atoms with Crippen LogP contribution in [0.5, 0.6) is 0 Å². The van der Waals surface area contributed by atoms with Gasteiger partial charge >= 0.3 is 0 Å². The monoisotopic (exact) mass is 318 g/mol. The van der Waals surface area contributed by atoms with Crippen molar-refractivity contribution >= 4 is 17.5 Å². The zero-order valence-electron chi connectivity index (χ0n) is 12.8. The fourth-order valence-electron chi connectivity index (χ4n) is 3.24. The molecule has 0 unspecified atom stereocenters. The first-order valence-corrected chi connectivity index (χ1v) is 7.91. The van der Waals surface area contributed by atoms with Crippen molar-refractivity contribution in [2.24, 2.45) is 0 Å². The fraction of sp³-hybridized carbons (Fsp3) is 0.412. The summed E-state index contributed by atoms with van der Waals surface area (Å²) in [6.07, 6.45) is 2.29. The van der Waals surface area contributed by atoms with E-state index in [1.54, 1.807) is 0 Å². The van der Waals surface area contributed by atoms with Crippen molar-refractivity contribution in [3.05, 3.63) is 51.9 Å². The van der Waals surface area contributed by atoms with Gasteiger partial charge in [0.05, 0.1) is 18.2 Å². The van der Waals surface area contributed by atoms with Crippen LogP contribution in [0.2, 0.25) is 5.02 Å². The van der Waals surface area contributed by atoms with E-state index in [2.05, 4.69) is 5.16 Å². The van der Waals surface area contributed by atoms with Crippen LogP contribution in [0.4, 0.5) is 0 Å². The number of nitrogens with zero attached hydrogens (tertiary/aromatic N) is 2. The third-order valence-corrected chi connectivity index (χ3v) is 4.66. The van der Waals surface area contributed by atoms with Crippen molar-refractivity contribution < 1.29 is 9.32 Å². The minimum atomic E-state index is 0.0706. The van der Waals surface area contributed by atoms with E-state index in [4.69, 9.17) is 16.1 Å². The molecule has 4 nitrogen and oxygen atoms in total. The molecular formula is C17H19ClN2O2. The number of likely N-dealkylation sites (tertiary alicyclic amines) is 1. The summed E-state index contributed by atoms with van der Waals surface area (Å²) in [5.41, 5.74) is 2.81. The van der Waals surface area contributed by atoms with Crippen LogP contribution in [0.1, 0.15) is 41.5 Å². The van der Waals surface area contributed by atoms with Gasteiger partial charge in [0, 0.05) is 17.1 Å². The second-order valence-corrected chi connectivity index (χ2v) is 6.16. The van der Waals surface area contributed by atoms with Gasteiger partial charge in [-0.2, -0.15) is 0 Å². The van der Waals surface area contributed by atoms with Crippen molar-refractivity contribution in [2.45, 2.75) is 39.2 Å². The lowest BCUT2D eigenvalue weighted by Gasteiger charge is -2.25. The first kappa shape index (κ1) is 15.1. The Morgan fingerprint density at radius 1 is 1.41 bits per heavy atom. The van der Waals surface area contributed by atoms with E-state index in [1.165, 1.54) is 0 Å². The van der Waals surface area contributed by atoms with Crippen LogP contribution >= 0.6 is 11.6 Å². The lowest BCUT2D eigenvalue weighted by molar-refractivity contribution is -0.131. The molecule has 5 heteroatoms. The minimum absolute atomic E-state index is 0.0706. The summed E-state index contributed by atoms with van der Waals surface area (Å²) in [7, 11) is 0. The first-order chi connectivity index (χ1) is 10.6. The zero-order valence-corrected chi connectivity index (χ0v) is 13.6. The number of benzene rings is 1. The highest BCUT2D eigenvalue weighted by molar-refractivity contribution is 6.31. The van der Waals surface area contributed by atoms with Crippen LogP contribution in [0.15, 0.2) is 28.8 Å². The number of carbonyl (C=O) groups is 1. The van der Waals surface area contributed by atoms with Crippen molar-refractivity contribution in [1.29, 1.82) is 0 Å². The van der Waals surface area contributed by atoms with E-state index in [0.29, 0.717) is 11.4 Å². The van der Waals surface area contributed by atoms with E-state index in [-0.39, 0.29) is 11.9 Å². The summed E-state index contributed by atoms with van der Waals surface area (Å²) in [6.45, 7) is 4.61. The molecule has 1 fully saturated rings. The van der Waals surface area contributed by atoms with E-state index < -0.39 is 0 Å². The quantitative estimate of drug-likeness (QED) is 0.863. The van der Waals surface area contributed by atoms with Gasteiger partial charge < -0.3 is 9.42 Å². The number of hydrogen-bond acceptors (Lipinski definition) is 3. The van der Waals surface area contributed by atoms with Gasteiger partial charge in [-0.15, -0.1) is 0 Å². The highest BCUT2D eigenvalue weighted by Gasteiger charge is 2.33. The lowest BCUT2D eigenvalue weighted by atomic mass is 10.0. The van der Waals surface area contributed by atoms with Gasteiger partial charge in [-0.25, -0.2) is 0 Å². The number of halogens is 1. The maximum atomic E-state index is 12.7. The summed E-state index contributed by atoms with van der Waals surface area (Å²) < 4.78 is 5.26. The first-order valence-electron chi connectivity index (χ1n) is 7.53. The largest absolute Gasteiger partial charge is 0.361 e. The number of amides is 1. The number of aromatic nitrogens is 1. The van der Waals surface area contributed by atoms with Crippen LogP contribution in [0.3, 0.4) is 0 Å². The Balaban J connectivity index is 1.81. The van der Waals surface area contributed by atoms with Gasteiger partial charge in [-0.05, 0) is 38.3 Å². The molecule has 1 aliphatic heterocycles. The Bertz CT molecular complexity index is 676. The molecule has 0 spiro atoms. The summed E-state index contributed by atoms with van der Waals surface area (Å²) in [5.74, 6) is 0.913. The molecule has 116 valence electrons. The standard InChI is InChI=1S/C17H19ClN2O2/c1-11-17(12(2)22-19-11)15-8-5-9-20(15)16(21)10-13-6-3-4-7-14(13)18/h3-4,6-7,15H,5,8-10H2,1-2H3/t15-/m1/s1. The molecule has 1 amide bonds. The highest BCUT2D eigenvalue weighted by Crippen LogP contribution is 2.36. The average Bonchev–Trinajstić information content (AvgIpc) is 3.08. The van der Waals surface area contributed by atoms with E-state index in [1.807, 2.05) is 43.0 Å². The molecule has 2 heterocycles. The number of rotatable bonds is 3. The predicted octanol–water partition coefficient (Wildman–Crippen LogP) is 3.85. The topological polar surface area (TPSA) is 46.3 Å².